The van der Waals surface area contributed by atoms with Gasteiger partial charge < -0.3 is 14.2 Å². The van der Waals surface area contributed by atoms with Gasteiger partial charge in [0.1, 0.15) is 13.2 Å². The van der Waals surface area contributed by atoms with E-state index in [-0.39, 0.29) is 0 Å². The van der Waals surface area contributed by atoms with Gasteiger partial charge in [0.25, 0.3) is 0 Å². The molecule has 4 nitrogen and oxygen atoms in total. The van der Waals surface area contributed by atoms with Crippen molar-refractivity contribution in [2.24, 2.45) is 5.92 Å². The molecule has 2 aliphatic rings. The third-order valence-corrected chi connectivity index (χ3v) is 3.79. The van der Waals surface area contributed by atoms with Crippen LogP contribution in [0.4, 0.5) is 0 Å². The predicted molar refractivity (Wildman–Crippen MR) is 72.7 cm³/mol. The number of hydrogen-bond acceptors (Lipinski definition) is 4. The maximum absolute atomic E-state index is 5.62. The summed E-state index contributed by atoms with van der Waals surface area (Å²) in [6.45, 7) is 5.44. The maximum atomic E-state index is 5.62. The highest BCUT2D eigenvalue weighted by Crippen LogP contribution is 2.31. The van der Waals surface area contributed by atoms with Gasteiger partial charge in [-0.15, -0.1) is 0 Å². The third-order valence-electron chi connectivity index (χ3n) is 3.79. The van der Waals surface area contributed by atoms with Crippen LogP contribution in [0.25, 0.3) is 0 Å². The molecule has 2 heterocycles. The second-order valence-corrected chi connectivity index (χ2v) is 5.32. The zero-order valence-corrected chi connectivity index (χ0v) is 11.4. The van der Waals surface area contributed by atoms with Crippen molar-refractivity contribution in [1.29, 1.82) is 0 Å². The number of ether oxygens (including phenoxy) is 3. The largest absolute Gasteiger partial charge is 0.486 e. The van der Waals surface area contributed by atoms with E-state index < -0.39 is 0 Å². The minimum Gasteiger partial charge on any atom is -0.486 e. The van der Waals surface area contributed by atoms with Gasteiger partial charge in [0.15, 0.2) is 11.5 Å². The Morgan fingerprint density at radius 2 is 2.11 bits per heavy atom. The van der Waals surface area contributed by atoms with E-state index in [1.54, 1.807) is 7.11 Å². The van der Waals surface area contributed by atoms with E-state index in [4.69, 9.17) is 14.2 Å². The Balaban J connectivity index is 1.61. The summed E-state index contributed by atoms with van der Waals surface area (Å²) in [5, 5.41) is 0. The molecular weight excluding hydrogens is 242 g/mol. The molecule has 1 aromatic rings. The van der Waals surface area contributed by atoms with Crippen molar-refractivity contribution < 1.29 is 14.2 Å². The van der Waals surface area contributed by atoms with Gasteiger partial charge in [0.05, 0.1) is 6.61 Å². The number of fused-ring (bicyclic) bond motifs is 1. The van der Waals surface area contributed by atoms with Crippen molar-refractivity contribution in [3.8, 4) is 11.5 Å². The summed E-state index contributed by atoms with van der Waals surface area (Å²) in [6.07, 6.45) is 1.23. The van der Waals surface area contributed by atoms with E-state index in [9.17, 15) is 0 Å². The summed E-state index contributed by atoms with van der Waals surface area (Å²) in [7, 11) is 1.78. The molecular formula is C15H21NO3. The highest BCUT2D eigenvalue weighted by molar-refractivity contribution is 5.43. The first-order valence-corrected chi connectivity index (χ1v) is 6.95. The van der Waals surface area contributed by atoms with Crippen molar-refractivity contribution in [1.82, 2.24) is 4.90 Å². The van der Waals surface area contributed by atoms with Crippen LogP contribution >= 0.6 is 0 Å². The summed E-state index contributed by atoms with van der Waals surface area (Å²) in [5.74, 6) is 2.44. The third kappa shape index (κ3) is 3.01. The number of benzene rings is 1. The molecule has 3 rings (SSSR count). The lowest BCUT2D eigenvalue weighted by Crippen LogP contribution is -2.21. The number of nitrogens with zero attached hydrogens (tertiary/aromatic N) is 1. The molecule has 1 saturated heterocycles. The SMILES string of the molecule is COC[C@@H]1CCN(Cc2ccc3c(c2)OCCO3)C1. The second-order valence-electron chi connectivity index (χ2n) is 5.32. The minimum absolute atomic E-state index is 0.649. The zero-order chi connectivity index (χ0) is 13.1. The average Bonchev–Trinajstić information content (AvgIpc) is 2.86. The standard InChI is InChI=1S/C15H21NO3/c1-17-11-13-4-5-16(10-13)9-12-2-3-14-15(8-12)19-7-6-18-14/h2-3,8,13H,4-7,9-11H2,1H3/t13-/m1/s1. The summed E-state index contributed by atoms with van der Waals surface area (Å²) in [4.78, 5) is 2.48. The predicted octanol–water partition coefficient (Wildman–Crippen LogP) is 1.93. The molecule has 2 aliphatic heterocycles. The Kier molecular flexibility index (Phi) is 3.89. The highest BCUT2D eigenvalue weighted by atomic mass is 16.6. The van der Waals surface area contributed by atoms with Gasteiger partial charge in [-0.2, -0.15) is 0 Å². The van der Waals surface area contributed by atoms with Crippen LogP contribution in [0.2, 0.25) is 0 Å². The van der Waals surface area contributed by atoms with Crippen LogP contribution in [0.5, 0.6) is 11.5 Å². The Labute approximate surface area is 114 Å². The summed E-state index contributed by atoms with van der Waals surface area (Å²) in [6, 6.07) is 6.27. The van der Waals surface area contributed by atoms with Crippen LogP contribution in [-0.4, -0.2) is 44.9 Å². The van der Waals surface area contributed by atoms with Crippen molar-refractivity contribution in [2.75, 3.05) is 40.0 Å². The topological polar surface area (TPSA) is 30.9 Å². The molecule has 1 atom stereocenters. The molecule has 0 amide bonds. The molecule has 104 valence electrons. The van der Waals surface area contributed by atoms with Gasteiger partial charge in [0, 0.05) is 20.2 Å². The van der Waals surface area contributed by atoms with Gasteiger partial charge >= 0.3 is 0 Å². The molecule has 0 N–H and O–H groups in total. The Hall–Kier alpha value is -1.26. The van der Waals surface area contributed by atoms with Crippen molar-refractivity contribution in [2.45, 2.75) is 13.0 Å². The fourth-order valence-corrected chi connectivity index (χ4v) is 2.87. The number of hydrogen-bond donors (Lipinski definition) is 0. The molecule has 1 aromatic carbocycles. The van der Waals surface area contributed by atoms with Crippen LogP contribution < -0.4 is 9.47 Å². The van der Waals surface area contributed by atoms with Gasteiger partial charge in [-0.3, -0.25) is 4.90 Å². The molecule has 0 unspecified atom stereocenters. The molecule has 0 saturated carbocycles. The lowest BCUT2D eigenvalue weighted by Gasteiger charge is -2.21. The Bertz CT molecular complexity index is 435. The Morgan fingerprint density at radius 3 is 2.95 bits per heavy atom. The lowest BCUT2D eigenvalue weighted by atomic mass is 10.1. The summed E-state index contributed by atoms with van der Waals surface area (Å²) in [5.41, 5.74) is 1.29. The molecule has 4 heteroatoms. The fraction of sp³-hybridized carbons (Fsp3) is 0.600. The maximum Gasteiger partial charge on any atom is 0.161 e. The van der Waals surface area contributed by atoms with E-state index in [1.165, 1.54) is 12.0 Å². The molecule has 0 spiro atoms. The first-order valence-electron chi connectivity index (χ1n) is 6.95. The lowest BCUT2D eigenvalue weighted by molar-refractivity contribution is 0.152. The van der Waals surface area contributed by atoms with E-state index in [1.807, 2.05) is 6.07 Å². The fourth-order valence-electron chi connectivity index (χ4n) is 2.87. The number of rotatable bonds is 4. The van der Waals surface area contributed by atoms with Gasteiger partial charge in [-0.1, -0.05) is 6.07 Å². The molecule has 0 aromatic heterocycles. The summed E-state index contributed by atoms with van der Waals surface area (Å²) >= 11 is 0. The van der Waals surface area contributed by atoms with E-state index >= 15 is 0 Å². The monoisotopic (exact) mass is 263 g/mol. The minimum atomic E-state index is 0.649. The van der Waals surface area contributed by atoms with Crippen molar-refractivity contribution in [3.63, 3.8) is 0 Å². The average molecular weight is 263 g/mol. The molecule has 1 fully saturated rings. The van der Waals surface area contributed by atoms with Crippen LogP contribution in [0.1, 0.15) is 12.0 Å². The van der Waals surface area contributed by atoms with Crippen LogP contribution in [0, 0.1) is 5.92 Å². The van der Waals surface area contributed by atoms with Crippen LogP contribution in [0.3, 0.4) is 0 Å². The number of likely N-dealkylation sites (tertiary alicyclic amines) is 1. The first kappa shape index (κ1) is 12.8. The smallest absolute Gasteiger partial charge is 0.161 e. The van der Waals surface area contributed by atoms with Gasteiger partial charge in [-0.05, 0) is 36.6 Å². The van der Waals surface area contributed by atoms with E-state index in [0.29, 0.717) is 19.1 Å². The molecule has 19 heavy (non-hydrogen) atoms. The van der Waals surface area contributed by atoms with Gasteiger partial charge in [0.2, 0.25) is 0 Å². The van der Waals surface area contributed by atoms with Crippen LogP contribution in [0.15, 0.2) is 18.2 Å². The Morgan fingerprint density at radius 1 is 1.26 bits per heavy atom. The molecule has 0 aliphatic carbocycles. The zero-order valence-electron chi connectivity index (χ0n) is 11.4. The van der Waals surface area contributed by atoms with Crippen molar-refractivity contribution >= 4 is 0 Å². The number of methoxy groups -OCH3 is 1. The highest BCUT2D eigenvalue weighted by Gasteiger charge is 2.22. The van der Waals surface area contributed by atoms with Crippen LogP contribution in [-0.2, 0) is 11.3 Å². The molecule has 0 radical (unpaired) electrons. The van der Waals surface area contributed by atoms with Crippen molar-refractivity contribution in [3.05, 3.63) is 23.8 Å². The first-order chi connectivity index (χ1) is 9.35. The van der Waals surface area contributed by atoms with Gasteiger partial charge in [-0.25, -0.2) is 0 Å². The summed E-state index contributed by atoms with van der Waals surface area (Å²) < 4.78 is 16.4. The normalized spacial score (nSPS) is 22.7. The quantitative estimate of drug-likeness (QED) is 0.830. The van der Waals surface area contributed by atoms with E-state index in [2.05, 4.69) is 17.0 Å². The molecule has 0 bridgehead atoms. The van der Waals surface area contributed by atoms with E-state index in [0.717, 1.165) is 37.7 Å². The second kappa shape index (κ2) is 5.80.